The lowest BCUT2D eigenvalue weighted by Crippen LogP contribution is -2.11. The maximum Gasteiger partial charge on any atom is 0.412 e. The van der Waals surface area contributed by atoms with Crippen molar-refractivity contribution in [1.82, 2.24) is 4.98 Å². The van der Waals surface area contributed by atoms with Crippen LogP contribution in [0.15, 0.2) is 72.9 Å². The molecule has 3 rings (SSSR count). The first-order chi connectivity index (χ1) is 12.2. The van der Waals surface area contributed by atoms with Gasteiger partial charge in [-0.25, -0.2) is 9.78 Å². The van der Waals surface area contributed by atoms with E-state index in [1.807, 2.05) is 54.6 Å². The van der Waals surface area contributed by atoms with Gasteiger partial charge in [0.1, 0.15) is 11.6 Å². The van der Waals surface area contributed by atoms with E-state index in [4.69, 9.17) is 4.74 Å². The fourth-order valence-corrected chi connectivity index (χ4v) is 2.13. The molecule has 0 fully saturated rings. The third kappa shape index (κ3) is 4.48. The van der Waals surface area contributed by atoms with Gasteiger partial charge in [-0.3, -0.25) is 5.32 Å². The lowest BCUT2D eigenvalue weighted by molar-refractivity contribution is 0.187. The Kier molecular flexibility index (Phi) is 5.11. The summed E-state index contributed by atoms with van der Waals surface area (Å²) in [6.45, 7) is 0. The van der Waals surface area contributed by atoms with Crippen molar-refractivity contribution >= 4 is 23.3 Å². The van der Waals surface area contributed by atoms with Crippen molar-refractivity contribution in [3.8, 4) is 11.5 Å². The van der Waals surface area contributed by atoms with Crippen molar-refractivity contribution in [3.05, 3.63) is 72.9 Å². The first-order valence-electron chi connectivity index (χ1n) is 7.64. The molecule has 126 valence electrons. The second-order valence-corrected chi connectivity index (χ2v) is 5.08. The van der Waals surface area contributed by atoms with Crippen LogP contribution >= 0.6 is 0 Å². The van der Waals surface area contributed by atoms with Crippen LogP contribution in [0, 0.1) is 0 Å². The molecule has 0 aliphatic rings. The van der Waals surface area contributed by atoms with Crippen molar-refractivity contribution in [1.29, 1.82) is 0 Å². The number of pyridine rings is 1. The molecule has 0 aliphatic carbocycles. The van der Waals surface area contributed by atoms with Crippen molar-refractivity contribution in [3.63, 3.8) is 0 Å². The molecule has 1 amide bonds. The topological polar surface area (TPSA) is 72.5 Å². The number of carbonyl (C=O) groups excluding carboxylic acids is 1. The zero-order chi connectivity index (χ0) is 17.5. The standard InChI is InChI=1S/C19H17N3O3/c1-24-19(23)22-18-12-11-14(13-20-18)21-16-9-5-6-10-17(16)25-15-7-3-2-4-8-15/h2-13,21H,1H3,(H,20,22,23). The van der Waals surface area contributed by atoms with Gasteiger partial charge >= 0.3 is 6.09 Å². The van der Waals surface area contributed by atoms with Gasteiger partial charge in [0.25, 0.3) is 0 Å². The molecule has 1 aromatic heterocycles. The number of nitrogens with one attached hydrogen (secondary N) is 2. The number of carbonyl (C=O) groups is 1. The predicted molar refractivity (Wildman–Crippen MR) is 96.5 cm³/mol. The van der Waals surface area contributed by atoms with Crippen molar-refractivity contribution < 1.29 is 14.3 Å². The first kappa shape index (κ1) is 16.3. The lowest BCUT2D eigenvalue weighted by atomic mass is 10.2. The monoisotopic (exact) mass is 335 g/mol. The van der Waals surface area contributed by atoms with Gasteiger partial charge in [-0.05, 0) is 36.4 Å². The van der Waals surface area contributed by atoms with Gasteiger partial charge in [-0.2, -0.15) is 0 Å². The van der Waals surface area contributed by atoms with Crippen LogP contribution < -0.4 is 15.4 Å². The Labute approximate surface area is 145 Å². The average molecular weight is 335 g/mol. The number of para-hydroxylation sites is 3. The molecule has 25 heavy (non-hydrogen) atoms. The quantitative estimate of drug-likeness (QED) is 0.701. The molecule has 6 heteroatoms. The number of aromatic nitrogens is 1. The van der Waals surface area contributed by atoms with Crippen molar-refractivity contribution in [2.75, 3.05) is 17.7 Å². The van der Waals surface area contributed by atoms with Crippen molar-refractivity contribution in [2.24, 2.45) is 0 Å². The van der Waals surface area contributed by atoms with Gasteiger partial charge in [-0.1, -0.05) is 30.3 Å². The number of benzene rings is 2. The van der Waals surface area contributed by atoms with Crippen LogP contribution in [-0.2, 0) is 4.74 Å². The minimum Gasteiger partial charge on any atom is -0.455 e. The van der Waals surface area contributed by atoms with Gasteiger partial charge < -0.3 is 14.8 Å². The van der Waals surface area contributed by atoms with Crippen LogP contribution in [0.25, 0.3) is 0 Å². The van der Waals surface area contributed by atoms with E-state index in [9.17, 15) is 4.79 Å². The Morgan fingerprint density at radius 3 is 2.44 bits per heavy atom. The Bertz CT molecular complexity index is 836. The molecule has 0 aliphatic heterocycles. The fraction of sp³-hybridized carbons (Fsp3) is 0.0526. The van der Waals surface area contributed by atoms with Crippen LogP contribution in [0.5, 0.6) is 11.5 Å². The SMILES string of the molecule is COC(=O)Nc1ccc(Nc2ccccc2Oc2ccccc2)cn1. The highest BCUT2D eigenvalue weighted by atomic mass is 16.5. The molecule has 0 saturated carbocycles. The molecule has 0 atom stereocenters. The number of nitrogens with zero attached hydrogens (tertiary/aromatic N) is 1. The predicted octanol–water partition coefficient (Wildman–Crippen LogP) is 4.80. The minimum absolute atomic E-state index is 0.409. The van der Waals surface area contributed by atoms with E-state index in [0.29, 0.717) is 11.6 Å². The Hall–Kier alpha value is -3.54. The summed E-state index contributed by atoms with van der Waals surface area (Å²) >= 11 is 0. The van der Waals surface area contributed by atoms with Gasteiger partial charge in [0.05, 0.1) is 24.7 Å². The van der Waals surface area contributed by atoms with Gasteiger partial charge in [-0.15, -0.1) is 0 Å². The molecule has 6 nitrogen and oxygen atoms in total. The number of amides is 1. The highest BCUT2D eigenvalue weighted by Crippen LogP contribution is 2.31. The second-order valence-electron chi connectivity index (χ2n) is 5.08. The third-order valence-electron chi connectivity index (χ3n) is 3.32. The summed E-state index contributed by atoms with van der Waals surface area (Å²) in [5.41, 5.74) is 1.57. The van der Waals surface area contributed by atoms with Crippen LogP contribution in [-0.4, -0.2) is 18.2 Å². The van der Waals surface area contributed by atoms with Crippen LogP contribution in [0.4, 0.5) is 22.0 Å². The van der Waals surface area contributed by atoms with E-state index in [2.05, 4.69) is 20.4 Å². The number of anilines is 3. The number of rotatable bonds is 5. The van der Waals surface area contributed by atoms with Gasteiger partial charge in [0, 0.05) is 0 Å². The van der Waals surface area contributed by atoms with Crippen molar-refractivity contribution in [2.45, 2.75) is 0 Å². The summed E-state index contributed by atoms with van der Waals surface area (Å²) in [6, 6.07) is 20.7. The lowest BCUT2D eigenvalue weighted by Gasteiger charge is -2.13. The molecule has 0 unspecified atom stereocenters. The Morgan fingerprint density at radius 2 is 1.72 bits per heavy atom. The normalized spacial score (nSPS) is 9.96. The minimum atomic E-state index is -0.560. The maximum atomic E-state index is 11.2. The molecule has 0 bridgehead atoms. The summed E-state index contributed by atoms with van der Waals surface area (Å²) in [6.07, 6.45) is 1.06. The van der Waals surface area contributed by atoms with E-state index < -0.39 is 6.09 Å². The summed E-state index contributed by atoms with van der Waals surface area (Å²) in [7, 11) is 1.30. The van der Waals surface area contributed by atoms with Crippen LogP contribution in [0.2, 0.25) is 0 Å². The molecule has 2 N–H and O–H groups in total. The molecule has 3 aromatic rings. The largest absolute Gasteiger partial charge is 0.455 e. The highest BCUT2D eigenvalue weighted by molar-refractivity contribution is 5.83. The summed E-state index contributed by atoms with van der Waals surface area (Å²) in [4.78, 5) is 15.3. The second kappa shape index (κ2) is 7.83. The molecular weight excluding hydrogens is 318 g/mol. The van der Waals surface area contributed by atoms with Crippen LogP contribution in [0.1, 0.15) is 0 Å². The van der Waals surface area contributed by atoms with E-state index in [-0.39, 0.29) is 0 Å². The maximum absolute atomic E-state index is 11.2. The van der Waals surface area contributed by atoms with E-state index >= 15 is 0 Å². The zero-order valence-electron chi connectivity index (χ0n) is 13.6. The number of methoxy groups -OCH3 is 1. The van der Waals surface area contributed by atoms with E-state index in [1.165, 1.54) is 7.11 Å². The number of hydrogen-bond acceptors (Lipinski definition) is 5. The average Bonchev–Trinajstić information content (AvgIpc) is 2.65. The smallest absolute Gasteiger partial charge is 0.412 e. The van der Waals surface area contributed by atoms with Gasteiger partial charge in [0.15, 0.2) is 5.75 Å². The zero-order valence-corrected chi connectivity index (χ0v) is 13.6. The third-order valence-corrected chi connectivity index (χ3v) is 3.32. The highest BCUT2D eigenvalue weighted by Gasteiger charge is 2.06. The fourth-order valence-electron chi connectivity index (χ4n) is 2.13. The summed E-state index contributed by atoms with van der Waals surface area (Å²) < 4.78 is 10.4. The number of hydrogen-bond donors (Lipinski definition) is 2. The Balaban J connectivity index is 1.73. The summed E-state index contributed by atoms with van der Waals surface area (Å²) in [5.74, 6) is 1.86. The number of ether oxygens (including phenoxy) is 2. The summed E-state index contributed by atoms with van der Waals surface area (Å²) in [5, 5.41) is 5.76. The molecule has 0 spiro atoms. The molecule has 0 saturated heterocycles. The first-order valence-corrected chi connectivity index (χ1v) is 7.64. The molecule has 1 heterocycles. The Morgan fingerprint density at radius 1 is 0.960 bits per heavy atom. The molecular formula is C19H17N3O3. The van der Waals surface area contributed by atoms with Crippen LogP contribution in [0.3, 0.4) is 0 Å². The van der Waals surface area contributed by atoms with Gasteiger partial charge in [0.2, 0.25) is 0 Å². The molecule has 2 aromatic carbocycles. The van der Waals surface area contributed by atoms with E-state index in [0.717, 1.165) is 17.1 Å². The molecule has 0 radical (unpaired) electrons. The van der Waals surface area contributed by atoms with E-state index in [1.54, 1.807) is 18.3 Å².